The first kappa shape index (κ1) is 12.1. The van der Waals surface area contributed by atoms with E-state index in [9.17, 15) is 4.79 Å². The Bertz CT molecular complexity index is 624. The number of hydrogen-bond acceptors (Lipinski definition) is 4. The van der Waals surface area contributed by atoms with E-state index in [1.54, 1.807) is 6.20 Å². The zero-order valence-corrected chi connectivity index (χ0v) is 10.6. The molecule has 100 valence electrons. The van der Waals surface area contributed by atoms with Gasteiger partial charge in [0.1, 0.15) is 0 Å². The standard InChI is InChI=1S/C13H16N4O2/c1-13(7-19-6-10(13)14)12(18)16-9-4-2-3-8-5-15-17-11(8)9/h2-5,10H,6-7,14H2,1H3,(H,15,17)(H,16,18). The van der Waals surface area contributed by atoms with Crippen molar-refractivity contribution in [1.82, 2.24) is 10.2 Å². The van der Waals surface area contributed by atoms with Crippen molar-refractivity contribution in [3.05, 3.63) is 24.4 Å². The number of nitrogens with two attached hydrogens (primary N) is 1. The van der Waals surface area contributed by atoms with E-state index < -0.39 is 5.41 Å². The SMILES string of the molecule is CC1(C(=O)Nc2cccc3cn[nH]c23)COCC1N. The van der Waals surface area contributed by atoms with Crippen LogP contribution in [-0.2, 0) is 9.53 Å². The number of benzene rings is 1. The number of para-hydroxylation sites is 1. The summed E-state index contributed by atoms with van der Waals surface area (Å²) >= 11 is 0. The number of anilines is 1. The zero-order chi connectivity index (χ0) is 13.5. The largest absolute Gasteiger partial charge is 0.379 e. The van der Waals surface area contributed by atoms with Crippen molar-refractivity contribution in [1.29, 1.82) is 0 Å². The van der Waals surface area contributed by atoms with Gasteiger partial charge in [-0.25, -0.2) is 0 Å². The molecule has 1 aromatic heterocycles. The van der Waals surface area contributed by atoms with Crippen molar-refractivity contribution in [2.45, 2.75) is 13.0 Å². The molecule has 1 aliphatic rings. The van der Waals surface area contributed by atoms with Gasteiger partial charge in [0, 0.05) is 11.4 Å². The van der Waals surface area contributed by atoms with Gasteiger partial charge in [0.2, 0.25) is 5.91 Å². The zero-order valence-electron chi connectivity index (χ0n) is 10.6. The fourth-order valence-electron chi connectivity index (χ4n) is 2.26. The minimum Gasteiger partial charge on any atom is -0.379 e. The van der Waals surface area contributed by atoms with Gasteiger partial charge in [0.15, 0.2) is 0 Å². The maximum Gasteiger partial charge on any atom is 0.234 e. The van der Waals surface area contributed by atoms with Gasteiger partial charge in [-0.1, -0.05) is 12.1 Å². The van der Waals surface area contributed by atoms with Crippen LogP contribution in [-0.4, -0.2) is 35.4 Å². The molecule has 0 saturated carbocycles. The number of nitrogens with one attached hydrogen (secondary N) is 2. The fraction of sp³-hybridized carbons (Fsp3) is 0.385. The first-order valence-electron chi connectivity index (χ1n) is 6.18. The Kier molecular flexibility index (Phi) is 2.76. The molecule has 0 bridgehead atoms. The second-order valence-corrected chi connectivity index (χ2v) is 5.13. The van der Waals surface area contributed by atoms with E-state index in [-0.39, 0.29) is 11.9 Å². The van der Waals surface area contributed by atoms with Crippen LogP contribution in [0.3, 0.4) is 0 Å². The molecule has 4 N–H and O–H groups in total. The van der Waals surface area contributed by atoms with Crippen LogP contribution in [0.1, 0.15) is 6.92 Å². The van der Waals surface area contributed by atoms with Crippen LogP contribution in [0.5, 0.6) is 0 Å². The van der Waals surface area contributed by atoms with E-state index in [0.29, 0.717) is 18.9 Å². The molecule has 2 unspecified atom stereocenters. The Morgan fingerprint density at radius 2 is 2.47 bits per heavy atom. The molecule has 3 rings (SSSR count). The third-order valence-electron chi connectivity index (χ3n) is 3.76. The van der Waals surface area contributed by atoms with Crippen molar-refractivity contribution >= 4 is 22.5 Å². The number of aromatic amines is 1. The maximum atomic E-state index is 12.4. The van der Waals surface area contributed by atoms with Gasteiger partial charge in [0.25, 0.3) is 0 Å². The molecular weight excluding hydrogens is 244 g/mol. The summed E-state index contributed by atoms with van der Waals surface area (Å²) in [7, 11) is 0. The molecule has 1 saturated heterocycles. The van der Waals surface area contributed by atoms with E-state index in [4.69, 9.17) is 10.5 Å². The summed E-state index contributed by atoms with van der Waals surface area (Å²) in [6.45, 7) is 2.59. The molecule has 0 aliphatic carbocycles. The summed E-state index contributed by atoms with van der Waals surface area (Å²) in [5.41, 5.74) is 6.78. The monoisotopic (exact) mass is 260 g/mol. The van der Waals surface area contributed by atoms with Crippen LogP contribution < -0.4 is 11.1 Å². The van der Waals surface area contributed by atoms with Gasteiger partial charge >= 0.3 is 0 Å². The number of aromatic nitrogens is 2. The van der Waals surface area contributed by atoms with E-state index in [1.807, 2.05) is 25.1 Å². The van der Waals surface area contributed by atoms with Gasteiger partial charge in [-0.3, -0.25) is 9.89 Å². The lowest BCUT2D eigenvalue weighted by atomic mass is 9.85. The number of rotatable bonds is 2. The Morgan fingerprint density at radius 1 is 1.63 bits per heavy atom. The molecule has 0 radical (unpaired) electrons. The van der Waals surface area contributed by atoms with Crippen molar-refractivity contribution in [2.75, 3.05) is 18.5 Å². The Morgan fingerprint density at radius 3 is 3.21 bits per heavy atom. The summed E-state index contributed by atoms with van der Waals surface area (Å²) in [5, 5.41) is 10.7. The Hall–Kier alpha value is -1.92. The summed E-state index contributed by atoms with van der Waals surface area (Å²) < 4.78 is 5.30. The normalized spacial score (nSPS) is 26.7. The van der Waals surface area contributed by atoms with Gasteiger partial charge < -0.3 is 15.8 Å². The predicted octanol–water partition coefficient (Wildman–Crippen LogP) is 0.865. The number of ether oxygens (including phenoxy) is 1. The number of fused-ring (bicyclic) bond motifs is 1. The highest BCUT2D eigenvalue weighted by atomic mass is 16.5. The molecule has 1 fully saturated rings. The van der Waals surface area contributed by atoms with Crippen molar-refractivity contribution in [3.63, 3.8) is 0 Å². The van der Waals surface area contributed by atoms with Crippen LogP contribution in [0.25, 0.3) is 10.9 Å². The van der Waals surface area contributed by atoms with E-state index in [2.05, 4.69) is 15.5 Å². The van der Waals surface area contributed by atoms with Gasteiger partial charge in [-0.05, 0) is 13.0 Å². The molecule has 2 atom stereocenters. The van der Waals surface area contributed by atoms with E-state index in [0.717, 1.165) is 10.9 Å². The highest BCUT2D eigenvalue weighted by Gasteiger charge is 2.44. The van der Waals surface area contributed by atoms with Crippen molar-refractivity contribution in [2.24, 2.45) is 11.1 Å². The minimum absolute atomic E-state index is 0.125. The van der Waals surface area contributed by atoms with Crippen molar-refractivity contribution in [3.8, 4) is 0 Å². The highest BCUT2D eigenvalue weighted by Crippen LogP contribution is 2.30. The van der Waals surface area contributed by atoms with Crippen LogP contribution in [0, 0.1) is 5.41 Å². The molecule has 1 aromatic carbocycles. The smallest absolute Gasteiger partial charge is 0.234 e. The highest BCUT2D eigenvalue weighted by molar-refractivity contribution is 6.02. The van der Waals surface area contributed by atoms with Crippen LogP contribution in [0.15, 0.2) is 24.4 Å². The first-order chi connectivity index (χ1) is 9.11. The quantitative estimate of drug-likeness (QED) is 0.746. The topological polar surface area (TPSA) is 93.0 Å². The molecule has 6 heteroatoms. The molecule has 2 heterocycles. The number of nitrogens with zero attached hydrogens (tertiary/aromatic N) is 1. The minimum atomic E-state index is -0.692. The molecule has 1 aliphatic heterocycles. The van der Waals surface area contributed by atoms with Gasteiger partial charge in [-0.2, -0.15) is 5.10 Å². The van der Waals surface area contributed by atoms with Crippen molar-refractivity contribution < 1.29 is 9.53 Å². The summed E-state index contributed by atoms with van der Waals surface area (Å²) in [4.78, 5) is 12.4. The lowest BCUT2D eigenvalue weighted by Gasteiger charge is -2.25. The summed E-state index contributed by atoms with van der Waals surface area (Å²) in [5.74, 6) is -0.125. The van der Waals surface area contributed by atoms with Gasteiger partial charge in [0.05, 0.1) is 36.0 Å². The molecule has 6 nitrogen and oxygen atoms in total. The average Bonchev–Trinajstić information content (AvgIpc) is 2.99. The van der Waals surface area contributed by atoms with Crippen LogP contribution in [0.4, 0.5) is 5.69 Å². The number of amides is 1. The molecule has 19 heavy (non-hydrogen) atoms. The van der Waals surface area contributed by atoms with Crippen LogP contribution >= 0.6 is 0 Å². The van der Waals surface area contributed by atoms with E-state index in [1.165, 1.54) is 0 Å². The van der Waals surface area contributed by atoms with Gasteiger partial charge in [-0.15, -0.1) is 0 Å². The summed E-state index contributed by atoms with van der Waals surface area (Å²) in [6, 6.07) is 5.36. The Labute approximate surface area is 110 Å². The lowest BCUT2D eigenvalue weighted by molar-refractivity contribution is -0.125. The molecule has 2 aromatic rings. The summed E-state index contributed by atoms with van der Waals surface area (Å²) in [6.07, 6.45) is 1.72. The fourth-order valence-corrected chi connectivity index (χ4v) is 2.26. The third-order valence-corrected chi connectivity index (χ3v) is 3.76. The molecule has 1 amide bonds. The maximum absolute atomic E-state index is 12.4. The third kappa shape index (κ3) is 1.89. The molecule has 0 spiro atoms. The number of carbonyl (C=O) groups excluding carboxylic acids is 1. The predicted molar refractivity (Wildman–Crippen MR) is 71.6 cm³/mol. The first-order valence-corrected chi connectivity index (χ1v) is 6.18. The second-order valence-electron chi connectivity index (χ2n) is 5.13. The number of hydrogen-bond donors (Lipinski definition) is 3. The number of carbonyl (C=O) groups is 1. The average molecular weight is 260 g/mol. The van der Waals surface area contributed by atoms with E-state index >= 15 is 0 Å². The second kappa shape index (κ2) is 4.32. The van der Waals surface area contributed by atoms with Crippen LogP contribution in [0.2, 0.25) is 0 Å². The Balaban J connectivity index is 1.89. The lowest BCUT2D eigenvalue weighted by Crippen LogP contribution is -2.47. The number of H-pyrrole nitrogens is 1. The molecular formula is C13H16N4O2.